The lowest BCUT2D eigenvalue weighted by atomic mass is 10.1. The van der Waals surface area contributed by atoms with Crippen LogP contribution >= 0.6 is 0 Å². The van der Waals surface area contributed by atoms with Crippen LogP contribution in [0.3, 0.4) is 0 Å². The molecule has 0 spiro atoms. The van der Waals surface area contributed by atoms with Crippen molar-refractivity contribution in [1.29, 1.82) is 0 Å². The number of hydrogen-bond donors (Lipinski definition) is 1. The Morgan fingerprint density at radius 3 is 2.94 bits per heavy atom. The van der Waals surface area contributed by atoms with Gasteiger partial charge in [0.15, 0.2) is 0 Å². The molecule has 0 aliphatic heterocycles. The molecule has 2 nitrogen and oxygen atoms in total. The van der Waals surface area contributed by atoms with E-state index in [0.29, 0.717) is 6.61 Å². The normalized spacial score (nSPS) is 10.5. The van der Waals surface area contributed by atoms with E-state index in [1.807, 2.05) is 19.1 Å². The molecule has 3 heteroatoms. The summed E-state index contributed by atoms with van der Waals surface area (Å²) in [7, 11) is 0. The zero-order valence-electron chi connectivity index (χ0n) is 10.3. The van der Waals surface area contributed by atoms with Gasteiger partial charge < -0.3 is 10.1 Å². The van der Waals surface area contributed by atoms with Gasteiger partial charge in [0.1, 0.15) is 5.82 Å². The molecule has 1 aromatic rings. The molecule has 0 fully saturated rings. The van der Waals surface area contributed by atoms with E-state index < -0.39 is 0 Å². The van der Waals surface area contributed by atoms with Crippen molar-refractivity contribution in [3.05, 3.63) is 47.8 Å². The Bertz CT molecular complexity index is 352. The maximum absolute atomic E-state index is 12.9. The minimum Gasteiger partial charge on any atom is -0.380 e. The second-order valence-electron chi connectivity index (χ2n) is 3.94. The molecule has 94 valence electrons. The van der Waals surface area contributed by atoms with Gasteiger partial charge in [0.2, 0.25) is 0 Å². The van der Waals surface area contributed by atoms with Crippen LogP contribution in [0.2, 0.25) is 0 Å². The fraction of sp³-hybridized carbons (Fsp3) is 0.429. The van der Waals surface area contributed by atoms with Crippen LogP contribution in [0.15, 0.2) is 30.9 Å². The summed E-state index contributed by atoms with van der Waals surface area (Å²) in [6.45, 7) is 8.50. The topological polar surface area (TPSA) is 21.3 Å². The Morgan fingerprint density at radius 2 is 2.24 bits per heavy atom. The Morgan fingerprint density at radius 1 is 1.41 bits per heavy atom. The van der Waals surface area contributed by atoms with Crippen LogP contribution in [0, 0.1) is 12.7 Å². The quantitative estimate of drug-likeness (QED) is 0.554. The van der Waals surface area contributed by atoms with Crippen molar-refractivity contribution in [1.82, 2.24) is 5.32 Å². The largest absolute Gasteiger partial charge is 0.380 e. The van der Waals surface area contributed by atoms with E-state index in [9.17, 15) is 4.39 Å². The molecule has 0 heterocycles. The van der Waals surface area contributed by atoms with Crippen LogP contribution in [0.5, 0.6) is 0 Å². The summed E-state index contributed by atoms with van der Waals surface area (Å²) in [5.41, 5.74) is 2.10. The van der Waals surface area contributed by atoms with Gasteiger partial charge in [-0.2, -0.15) is 0 Å². The van der Waals surface area contributed by atoms with Gasteiger partial charge in [-0.1, -0.05) is 12.1 Å². The maximum Gasteiger partial charge on any atom is 0.123 e. The molecule has 0 aliphatic carbocycles. The minimum absolute atomic E-state index is 0.181. The van der Waals surface area contributed by atoms with Crippen LogP contribution in [-0.4, -0.2) is 19.8 Å². The van der Waals surface area contributed by atoms with Crippen molar-refractivity contribution in [2.45, 2.75) is 19.9 Å². The SMILES string of the molecule is C=CCCOCCNCc1ccc(F)cc1C. The smallest absolute Gasteiger partial charge is 0.123 e. The standard InChI is InChI=1S/C14H20FNO/c1-3-4-8-17-9-7-16-11-13-5-6-14(15)10-12(13)2/h3,5-6,10,16H,1,4,7-9,11H2,2H3. The van der Waals surface area contributed by atoms with Crippen LogP contribution in [0.1, 0.15) is 17.5 Å². The number of rotatable bonds is 8. The first-order valence-electron chi connectivity index (χ1n) is 5.88. The van der Waals surface area contributed by atoms with E-state index in [4.69, 9.17) is 4.74 Å². The Kier molecular flexibility index (Phi) is 6.51. The highest BCUT2D eigenvalue weighted by Crippen LogP contribution is 2.09. The van der Waals surface area contributed by atoms with Crippen molar-refractivity contribution in [2.24, 2.45) is 0 Å². The third kappa shape index (κ3) is 5.61. The van der Waals surface area contributed by atoms with Crippen LogP contribution < -0.4 is 5.32 Å². The highest BCUT2D eigenvalue weighted by atomic mass is 19.1. The van der Waals surface area contributed by atoms with E-state index >= 15 is 0 Å². The molecule has 1 aromatic carbocycles. The number of benzene rings is 1. The van der Waals surface area contributed by atoms with Crippen molar-refractivity contribution >= 4 is 0 Å². The maximum atomic E-state index is 12.9. The van der Waals surface area contributed by atoms with Crippen molar-refractivity contribution < 1.29 is 9.13 Å². The first kappa shape index (κ1) is 13.9. The first-order chi connectivity index (χ1) is 8.24. The minimum atomic E-state index is -0.181. The number of hydrogen-bond acceptors (Lipinski definition) is 2. The molecule has 1 N–H and O–H groups in total. The average Bonchev–Trinajstić information content (AvgIpc) is 2.30. The van der Waals surface area contributed by atoms with Crippen LogP contribution in [-0.2, 0) is 11.3 Å². The van der Waals surface area contributed by atoms with E-state index in [-0.39, 0.29) is 5.82 Å². The Balaban J connectivity index is 2.15. The molecular weight excluding hydrogens is 217 g/mol. The van der Waals surface area contributed by atoms with E-state index in [1.54, 1.807) is 6.07 Å². The third-order valence-corrected chi connectivity index (χ3v) is 2.51. The molecule has 0 unspecified atom stereocenters. The molecule has 0 saturated carbocycles. The van der Waals surface area contributed by atoms with Crippen molar-refractivity contribution in [2.75, 3.05) is 19.8 Å². The summed E-state index contributed by atoms with van der Waals surface area (Å²) in [5.74, 6) is -0.181. The van der Waals surface area contributed by atoms with Crippen molar-refractivity contribution in [3.8, 4) is 0 Å². The monoisotopic (exact) mass is 237 g/mol. The highest BCUT2D eigenvalue weighted by Gasteiger charge is 1.99. The second-order valence-corrected chi connectivity index (χ2v) is 3.94. The van der Waals surface area contributed by atoms with Crippen molar-refractivity contribution in [3.63, 3.8) is 0 Å². The molecule has 0 aromatic heterocycles. The lowest BCUT2D eigenvalue weighted by Gasteiger charge is -2.08. The Labute approximate surface area is 102 Å². The Hall–Kier alpha value is -1.19. The number of halogens is 1. The molecule has 0 saturated heterocycles. The van der Waals surface area contributed by atoms with Gasteiger partial charge in [0.25, 0.3) is 0 Å². The summed E-state index contributed by atoms with van der Waals surface area (Å²) >= 11 is 0. The summed E-state index contributed by atoms with van der Waals surface area (Å²) in [6.07, 6.45) is 2.73. The van der Waals surface area contributed by atoms with Gasteiger partial charge >= 0.3 is 0 Å². The van der Waals surface area contributed by atoms with E-state index in [0.717, 1.165) is 37.2 Å². The molecule has 1 rings (SSSR count). The average molecular weight is 237 g/mol. The molecule has 17 heavy (non-hydrogen) atoms. The molecule has 0 atom stereocenters. The van der Waals surface area contributed by atoms with Gasteiger partial charge in [-0.3, -0.25) is 0 Å². The van der Waals surface area contributed by atoms with Gasteiger partial charge in [-0.25, -0.2) is 4.39 Å². The lowest BCUT2D eigenvalue weighted by Crippen LogP contribution is -2.20. The lowest BCUT2D eigenvalue weighted by molar-refractivity contribution is 0.140. The molecule has 0 radical (unpaired) electrons. The molecule has 0 amide bonds. The third-order valence-electron chi connectivity index (χ3n) is 2.51. The molecule has 0 aliphatic rings. The second kappa shape index (κ2) is 7.98. The fourth-order valence-corrected chi connectivity index (χ4v) is 1.49. The summed E-state index contributed by atoms with van der Waals surface area (Å²) in [6, 6.07) is 4.86. The van der Waals surface area contributed by atoms with Gasteiger partial charge in [0, 0.05) is 13.1 Å². The van der Waals surface area contributed by atoms with Crippen LogP contribution in [0.25, 0.3) is 0 Å². The number of nitrogens with one attached hydrogen (secondary N) is 1. The summed E-state index contributed by atoms with van der Waals surface area (Å²) in [4.78, 5) is 0. The molecule has 0 bridgehead atoms. The summed E-state index contributed by atoms with van der Waals surface area (Å²) in [5, 5.41) is 3.27. The zero-order valence-corrected chi connectivity index (χ0v) is 10.3. The highest BCUT2D eigenvalue weighted by molar-refractivity contribution is 5.26. The summed E-state index contributed by atoms with van der Waals surface area (Å²) < 4.78 is 18.2. The van der Waals surface area contributed by atoms with Gasteiger partial charge in [-0.15, -0.1) is 6.58 Å². The fourth-order valence-electron chi connectivity index (χ4n) is 1.49. The predicted octanol–water partition coefficient (Wildman–Crippen LogP) is 2.82. The van der Waals surface area contributed by atoms with Crippen LogP contribution in [0.4, 0.5) is 4.39 Å². The van der Waals surface area contributed by atoms with Gasteiger partial charge in [0.05, 0.1) is 13.2 Å². The molecular formula is C14H20FNO. The predicted molar refractivity (Wildman–Crippen MR) is 68.5 cm³/mol. The number of ether oxygens (including phenoxy) is 1. The van der Waals surface area contributed by atoms with E-state index in [1.165, 1.54) is 6.07 Å². The van der Waals surface area contributed by atoms with Gasteiger partial charge in [-0.05, 0) is 36.6 Å². The first-order valence-corrected chi connectivity index (χ1v) is 5.88. The number of aryl methyl sites for hydroxylation is 1. The zero-order chi connectivity index (χ0) is 12.5. The van der Waals surface area contributed by atoms with E-state index in [2.05, 4.69) is 11.9 Å².